The van der Waals surface area contributed by atoms with Crippen LogP contribution in [-0.2, 0) is 15.8 Å². The minimum atomic E-state index is -4.47. The maximum atomic E-state index is 12.8. The van der Waals surface area contributed by atoms with Crippen LogP contribution in [0.25, 0.3) is 0 Å². The zero-order valence-electron chi connectivity index (χ0n) is 12.9. The molecule has 1 aromatic carbocycles. The predicted molar refractivity (Wildman–Crippen MR) is 79.9 cm³/mol. The summed E-state index contributed by atoms with van der Waals surface area (Å²) in [6.07, 6.45) is -2.43. The van der Waals surface area contributed by atoms with Crippen LogP contribution in [0.2, 0.25) is 0 Å². The first-order valence-corrected chi connectivity index (χ1v) is 7.52. The fourth-order valence-corrected chi connectivity index (χ4v) is 2.65. The van der Waals surface area contributed by atoms with Crippen LogP contribution < -0.4 is 4.90 Å². The smallest absolute Gasteiger partial charge is 0.343 e. The molecule has 0 aliphatic carbocycles. The third kappa shape index (κ3) is 4.46. The SMILES string of the molecule is CC(=O)N(CCC(=O)N1CCCC1)c1cccc(C(F)(F)F)c1. The summed E-state index contributed by atoms with van der Waals surface area (Å²) in [5.41, 5.74) is -0.659. The minimum absolute atomic E-state index is 0.0688. The highest BCUT2D eigenvalue weighted by atomic mass is 19.4. The first-order valence-electron chi connectivity index (χ1n) is 7.52. The highest BCUT2D eigenvalue weighted by molar-refractivity contribution is 5.92. The summed E-state index contributed by atoms with van der Waals surface area (Å²) in [7, 11) is 0. The summed E-state index contributed by atoms with van der Waals surface area (Å²) in [6.45, 7) is 2.78. The van der Waals surface area contributed by atoms with Crippen LogP contribution in [0.3, 0.4) is 0 Å². The quantitative estimate of drug-likeness (QED) is 0.852. The van der Waals surface area contributed by atoms with E-state index < -0.39 is 17.6 Å². The Morgan fingerprint density at radius 1 is 1.22 bits per heavy atom. The van der Waals surface area contributed by atoms with Crippen LogP contribution in [0.4, 0.5) is 18.9 Å². The minimum Gasteiger partial charge on any atom is -0.343 e. The molecule has 1 aliphatic rings. The van der Waals surface area contributed by atoms with Gasteiger partial charge in [-0.1, -0.05) is 6.07 Å². The highest BCUT2D eigenvalue weighted by Gasteiger charge is 2.31. The van der Waals surface area contributed by atoms with Crippen LogP contribution in [0.5, 0.6) is 0 Å². The predicted octanol–water partition coefficient (Wildman–Crippen LogP) is 3.07. The van der Waals surface area contributed by atoms with Gasteiger partial charge in [0, 0.05) is 38.7 Å². The fraction of sp³-hybridized carbons (Fsp3) is 0.500. The molecule has 0 radical (unpaired) electrons. The van der Waals surface area contributed by atoms with Gasteiger partial charge in [0.2, 0.25) is 11.8 Å². The van der Waals surface area contributed by atoms with Gasteiger partial charge < -0.3 is 9.80 Å². The molecule has 1 aliphatic heterocycles. The van der Waals surface area contributed by atoms with Crippen molar-refractivity contribution >= 4 is 17.5 Å². The lowest BCUT2D eigenvalue weighted by Crippen LogP contribution is -2.35. The molecule has 23 heavy (non-hydrogen) atoms. The second kappa shape index (κ2) is 7.02. The molecular weight excluding hydrogens is 309 g/mol. The van der Waals surface area contributed by atoms with Crippen molar-refractivity contribution in [3.05, 3.63) is 29.8 Å². The molecule has 2 amide bonds. The molecule has 1 fully saturated rings. The number of carbonyl (C=O) groups is 2. The van der Waals surface area contributed by atoms with E-state index in [-0.39, 0.29) is 24.6 Å². The Bertz CT molecular complexity index is 581. The zero-order chi connectivity index (χ0) is 17.0. The third-order valence-corrected chi connectivity index (χ3v) is 3.87. The molecule has 0 saturated carbocycles. The lowest BCUT2D eigenvalue weighted by Gasteiger charge is -2.23. The number of nitrogens with zero attached hydrogens (tertiary/aromatic N) is 2. The van der Waals surface area contributed by atoms with Gasteiger partial charge in [0.1, 0.15) is 0 Å². The van der Waals surface area contributed by atoms with E-state index in [0.717, 1.165) is 25.0 Å². The monoisotopic (exact) mass is 328 g/mol. The first kappa shape index (κ1) is 17.3. The van der Waals surface area contributed by atoms with E-state index in [4.69, 9.17) is 0 Å². The molecule has 1 saturated heterocycles. The maximum Gasteiger partial charge on any atom is 0.416 e. The van der Waals surface area contributed by atoms with Gasteiger partial charge in [0.15, 0.2) is 0 Å². The van der Waals surface area contributed by atoms with E-state index in [1.54, 1.807) is 4.90 Å². The molecule has 1 aromatic rings. The largest absolute Gasteiger partial charge is 0.416 e. The number of anilines is 1. The Morgan fingerprint density at radius 2 is 1.87 bits per heavy atom. The Hall–Kier alpha value is -2.05. The van der Waals surface area contributed by atoms with Crippen molar-refractivity contribution in [2.24, 2.45) is 0 Å². The summed E-state index contributed by atoms with van der Waals surface area (Å²) >= 11 is 0. The molecule has 126 valence electrons. The van der Waals surface area contributed by atoms with E-state index >= 15 is 0 Å². The Balaban J connectivity index is 2.09. The average Bonchev–Trinajstić information content (AvgIpc) is 3.00. The normalized spacial score (nSPS) is 14.9. The van der Waals surface area contributed by atoms with E-state index in [1.165, 1.54) is 24.0 Å². The summed E-state index contributed by atoms with van der Waals surface area (Å²) < 4.78 is 38.4. The van der Waals surface area contributed by atoms with Gasteiger partial charge >= 0.3 is 6.18 Å². The molecule has 7 heteroatoms. The molecule has 0 bridgehead atoms. The Morgan fingerprint density at radius 3 is 2.43 bits per heavy atom. The zero-order valence-corrected chi connectivity index (χ0v) is 12.9. The molecule has 0 N–H and O–H groups in total. The van der Waals surface area contributed by atoms with Crippen molar-refractivity contribution in [2.45, 2.75) is 32.4 Å². The van der Waals surface area contributed by atoms with Gasteiger partial charge in [-0.05, 0) is 31.0 Å². The lowest BCUT2D eigenvalue weighted by atomic mass is 10.1. The second-order valence-corrected chi connectivity index (χ2v) is 5.56. The molecule has 0 aromatic heterocycles. The topological polar surface area (TPSA) is 40.6 Å². The summed E-state index contributed by atoms with van der Waals surface area (Å²) in [5.74, 6) is -0.459. The number of amides is 2. The molecule has 4 nitrogen and oxygen atoms in total. The number of halogens is 3. The molecule has 0 atom stereocenters. The van der Waals surface area contributed by atoms with Gasteiger partial charge in [-0.2, -0.15) is 13.2 Å². The van der Waals surface area contributed by atoms with Crippen LogP contribution in [0.15, 0.2) is 24.3 Å². The third-order valence-electron chi connectivity index (χ3n) is 3.87. The number of likely N-dealkylation sites (tertiary alicyclic amines) is 1. The van der Waals surface area contributed by atoms with E-state index in [1.807, 2.05) is 0 Å². The van der Waals surface area contributed by atoms with Crippen molar-refractivity contribution in [1.29, 1.82) is 0 Å². The van der Waals surface area contributed by atoms with Crippen molar-refractivity contribution in [3.8, 4) is 0 Å². The Kier molecular flexibility index (Phi) is 5.28. The van der Waals surface area contributed by atoms with Crippen LogP contribution in [0, 0.1) is 0 Å². The van der Waals surface area contributed by atoms with Crippen LogP contribution >= 0.6 is 0 Å². The highest BCUT2D eigenvalue weighted by Crippen LogP contribution is 2.31. The standard InChI is InChI=1S/C16H19F3N2O2/c1-12(22)21(10-7-15(23)20-8-2-3-9-20)14-6-4-5-13(11-14)16(17,18)19/h4-6,11H,2-3,7-10H2,1H3. The van der Waals surface area contributed by atoms with Crippen LogP contribution in [-0.4, -0.2) is 36.3 Å². The average molecular weight is 328 g/mol. The first-order chi connectivity index (χ1) is 10.8. The van der Waals surface area contributed by atoms with Crippen molar-refractivity contribution in [1.82, 2.24) is 4.90 Å². The maximum absolute atomic E-state index is 12.8. The lowest BCUT2D eigenvalue weighted by molar-refractivity contribution is -0.137. The number of hydrogen-bond donors (Lipinski definition) is 0. The van der Waals surface area contributed by atoms with Gasteiger partial charge in [-0.3, -0.25) is 9.59 Å². The van der Waals surface area contributed by atoms with E-state index in [9.17, 15) is 22.8 Å². The summed E-state index contributed by atoms with van der Waals surface area (Å²) in [6, 6.07) is 4.59. The number of hydrogen-bond acceptors (Lipinski definition) is 2. The molecule has 1 heterocycles. The van der Waals surface area contributed by atoms with Crippen molar-refractivity contribution in [3.63, 3.8) is 0 Å². The summed E-state index contributed by atoms with van der Waals surface area (Å²) in [5, 5.41) is 0. The van der Waals surface area contributed by atoms with Gasteiger partial charge in [-0.25, -0.2) is 0 Å². The van der Waals surface area contributed by atoms with Crippen LogP contribution in [0.1, 0.15) is 31.7 Å². The summed E-state index contributed by atoms with van der Waals surface area (Å²) in [4.78, 5) is 26.7. The molecule has 2 rings (SSSR count). The number of alkyl halides is 3. The van der Waals surface area contributed by atoms with Gasteiger partial charge in [0.25, 0.3) is 0 Å². The molecule has 0 spiro atoms. The van der Waals surface area contributed by atoms with Crippen molar-refractivity contribution < 1.29 is 22.8 Å². The number of benzene rings is 1. The molecule has 0 unspecified atom stereocenters. The number of carbonyl (C=O) groups excluding carboxylic acids is 2. The van der Waals surface area contributed by atoms with Gasteiger partial charge in [0.05, 0.1) is 5.56 Å². The van der Waals surface area contributed by atoms with Crippen molar-refractivity contribution in [2.75, 3.05) is 24.5 Å². The van der Waals surface area contributed by atoms with E-state index in [0.29, 0.717) is 13.1 Å². The fourth-order valence-electron chi connectivity index (χ4n) is 2.65. The van der Waals surface area contributed by atoms with E-state index in [2.05, 4.69) is 0 Å². The Labute approximate surface area is 132 Å². The number of rotatable bonds is 4. The van der Waals surface area contributed by atoms with Gasteiger partial charge in [-0.15, -0.1) is 0 Å². The molecular formula is C16H19F3N2O2. The second-order valence-electron chi connectivity index (χ2n) is 5.56.